The van der Waals surface area contributed by atoms with Crippen molar-refractivity contribution in [2.45, 2.75) is 38.4 Å². The number of anilines is 1. The van der Waals surface area contributed by atoms with Crippen LogP contribution in [0.5, 0.6) is 0 Å². The highest BCUT2D eigenvalue weighted by Crippen LogP contribution is 2.32. The fraction of sp³-hybridized carbons (Fsp3) is 0.500. The molecule has 1 aliphatic rings. The molecule has 1 atom stereocenters. The van der Waals surface area contributed by atoms with Crippen LogP contribution < -0.4 is 10.6 Å². The third-order valence-corrected chi connectivity index (χ3v) is 6.01. The molecule has 1 aromatic carbocycles. The van der Waals surface area contributed by atoms with E-state index in [1.165, 1.54) is 17.4 Å². The third-order valence-electron chi connectivity index (χ3n) is 5.03. The zero-order chi connectivity index (χ0) is 21.0. The molecule has 2 N–H and O–H groups in total. The van der Waals surface area contributed by atoms with Gasteiger partial charge in [0.25, 0.3) is 5.91 Å². The summed E-state index contributed by atoms with van der Waals surface area (Å²) in [4.78, 5) is 20.7. The van der Waals surface area contributed by atoms with E-state index >= 15 is 0 Å². The predicted molar refractivity (Wildman–Crippen MR) is 108 cm³/mol. The molecule has 0 saturated carbocycles. The molecule has 2 heterocycles. The van der Waals surface area contributed by atoms with Gasteiger partial charge in [-0.05, 0) is 24.6 Å². The second kappa shape index (κ2) is 9.13. The van der Waals surface area contributed by atoms with Crippen LogP contribution in [0.2, 0.25) is 0 Å². The molecule has 1 aliphatic heterocycles. The van der Waals surface area contributed by atoms with Crippen molar-refractivity contribution < 1.29 is 18.0 Å². The maximum Gasteiger partial charge on any atom is 0.416 e. The van der Waals surface area contributed by atoms with Crippen LogP contribution in [-0.4, -0.2) is 42.0 Å². The topological polar surface area (TPSA) is 62.5 Å². The summed E-state index contributed by atoms with van der Waals surface area (Å²) in [5.74, 6) is -0.154. The summed E-state index contributed by atoms with van der Waals surface area (Å²) in [6, 6.07) is 5.14. The van der Waals surface area contributed by atoms with Crippen molar-refractivity contribution >= 4 is 22.9 Å². The molecule has 2 aromatic rings. The van der Waals surface area contributed by atoms with E-state index in [9.17, 15) is 18.0 Å². The van der Waals surface area contributed by atoms with E-state index in [2.05, 4.69) is 11.9 Å². The van der Waals surface area contributed by atoms with E-state index in [1.54, 1.807) is 16.3 Å². The number of carbonyl (C=O) groups is 1. The van der Waals surface area contributed by atoms with E-state index in [4.69, 9.17) is 5.73 Å². The standard InChI is InChI=1S/C20H25F3N4OS/c1-2-3-7-16(24)18-25-17(13-29-18)19(28)27-10-8-26(9-11-27)15-6-4-5-14(12-15)20(21,22)23/h4-6,12-13,16H,2-3,7-11,24H2,1H3. The Kier molecular flexibility index (Phi) is 6.79. The number of unbranched alkanes of at least 4 members (excludes halogenated alkanes) is 1. The number of hydrogen-bond donors (Lipinski definition) is 1. The predicted octanol–water partition coefficient (Wildman–Crippen LogP) is 4.31. The Hall–Kier alpha value is -2.13. The van der Waals surface area contributed by atoms with Gasteiger partial charge in [-0.3, -0.25) is 4.79 Å². The first-order valence-electron chi connectivity index (χ1n) is 9.72. The minimum absolute atomic E-state index is 0.153. The van der Waals surface area contributed by atoms with Gasteiger partial charge in [0, 0.05) is 37.2 Å². The number of rotatable bonds is 6. The minimum atomic E-state index is -4.37. The average Bonchev–Trinajstić information content (AvgIpc) is 3.21. The second-order valence-corrected chi connectivity index (χ2v) is 8.04. The number of thiazole rings is 1. The number of piperazine rings is 1. The number of nitrogens with zero attached hydrogens (tertiary/aromatic N) is 3. The lowest BCUT2D eigenvalue weighted by Crippen LogP contribution is -2.49. The third kappa shape index (κ3) is 5.27. The van der Waals surface area contributed by atoms with Gasteiger partial charge in [0.1, 0.15) is 10.7 Å². The normalized spacial score (nSPS) is 16.2. The van der Waals surface area contributed by atoms with Crippen molar-refractivity contribution in [3.05, 3.63) is 45.9 Å². The SMILES string of the molecule is CCCCC(N)c1nc(C(=O)N2CCN(c3cccc(C(F)(F)F)c3)CC2)cs1. The van der Waals surface area contributed by atoms with Crippen molar-refractivity contribution in [3.8, 4) is 0 Å². The van der Waals surface area contributed by atoms with Crippen LogP contribution in [0, 0.1) is 0 Å². The Balaban J connectivity index is 1.60. The summed E-state index contributed by atoms with van der Waals surface area (Å²) in [6.45, 7) is 3.91. The van der Waals surface area contributed by atoms with E-state index < -0.39 is 11.7 Å². The molecule has 29 heavy (non-hydrogen) atoms. The molecular weight excluding hydrogens is 401 g/mol. The van der Waals surface area contributed by atoms with Gasteiger partial charge in [-0.15, -0.1) is 11.3 Å². The molecule has 3 rings (SSSR count). The van der Waals surface area contributed by atoms with Gasteiger partial charge in [0.2, 0.25) is 0 Å². The highest BCUT2D eigenvalue weighted by Gasteiger charge is 2.31. The van der Waals surface area contributed by atoms with E-state index in [1.807, 2.05) is 4.90 Å². The van der Waals surface area contributed by atoms with E-state index in [-0.39, 0.29) is 11.9 Å². The van der Waals surface area contributed by atoms with Gasteiger partial charge in [-0.1, -0.05) is 25.8 Å². The fourth-order valence-corrected chi connectivity index (χ4v) is 4.14. The summed E-state index contributed by atoms with van der Waals surface area (Å²) in [6.07, 6.45) is -1.45. The quantitative estimate of drug-likeness (QED) is 0.748. The molecule has 1 aromatic heterocycles. The van der Waals surface area contributed by atoms with Gasteiger partial charge >= 0.3 is 6.18 Å². The Morgan fingerprint density at radius 2 is 2.00 bits per heavy atom. The zero-order valence-electron chi connectivity index (χ0n) is 16.3. The van der Waals surface area contributed by atoms with Gasteiger partial charge < -0.3 is 15.5 Å². The molecule has 0 aliphatic carbocycles. The fourth-order valence-electron chi connectivity index (χ4n) is 3.31. The first-order valence-corrected chi connectivity index (χ1v) is 10.6. The van der Waals surface area contributed by atoms with Crippen molar-refractivity contribution in [2.24, 2.45) is 5.73 Å². The molecule has 1 fully saturated rings. The molecule has 1 amide bonds. The molecular formula is C20H25F3N4OS. The molecule has 9 heteroatoms. The van der Waals surface area contributed by atoms with Crippen molar-refractivity contribution in [1.82, 2.24) is 9.88 Å². The largest absolute Gasteiger partial charge is 0.416 e. The van der Waals surface area contributed by atoms with Gasteiger partial charge in [-0.25, -0.2) is 4.98 Å². The molecule has 1 saturated heterocycles. The lowest BCUT2D eigenvalue weighted by atomic mass is 10.1. The maximum atomic E-state index is 12.9. The first-order chi connectivity index (χ1) is 13.8. The lowest BCUT2D eigenvalue weighted by Gasteiger charge is -2.36. The number of carbonyl (C=O) groups excluding carboxylic acids is 1. The highest BCUT2D eigenvalue weighted by atomic mass is 32.1. The summed E-state index contributed by atoms with van der Waals surface area (Å²) in [7, 11) is 0. The van der Waals surface area contributed by atoms with Crippen molar-refractivity contribution in [2.75, 3.05) is 31.1 Å². The molecule has 158 valence electrons. The second-order valence-electron chi connectivity index (χ2n) is 7.15. The number of benzene rings is 1. The number of nitrogens with two attached hydrogens (primary N) is 1. The minimum Gasteiger partial charge on any atom is -0.368 e. The van der Waals surface area contributed by atoms with Crippen LogP contribution in [0.25, 0.3) is 0 Å². The van der Waals surface area contributed by atoms with Gasteiger partial charge in [0.15, 0.2) is 0 Å². The monoisotopic (exact) mass is 426 g/mol. The van der Waals surface area contributed by atoms with Crippen molar-refractivity contribution in [1.29, 1.82) is 0 Å². The molecule has 0 spiro atoms. The maximum absolute atomic E-state index is 12.9. The van der Waals surface area contributed by atoms with Crippen LogP contribution in [0.15, 0.2) is 29.6 Å². The smallest absolute Gasteiger partial charge is 0.368 e. The van der Waals surface area contributed by atoms with Crippen LogP contribution in [-0.2, 0) is 6.18 Å². The Morgan fingerprint density at radius 1 is 1.28 bits per heavy atom. The van der Waals surface area contributed by atoms with E-state index in [0.717, 1.165) is 36.4 Å². The summed E-state index contributed by atoms with van der Waals surface area (Å²) >= 11 is 1.40. The number of aromatic nitrogens is 1. The van der Waals surface area contributed by atoms with Gasteiger partial charge in [0.05, 0.1) is 11.6 Å². The van der Waals surface area contributed by atoms with Gasteiger partial charge in [-0.2, -0.15) is 13.2 Å². The Morgan fingerprint density at radius 3 is 2.66 bits per heavy atom. The van der Waals surface area contributed by atoms with Crippen LogP contribution in [0.4, 0.5) is 18.9 Å². The number of alkyl halides is 3. The Bertz CT molecular complexity index is 831. The molecule has 0 bridgehead atoms. The van der Waals surface area contributed by atoms with E-state index in [0.29, 0.717) is 37.6 Å². The zero-order valence-corrected chi connectivity index (χ0v) is 17.1. The van der Waals surface area contributed by atoms with Crippen LogP contribution >= 0.6 is 11.3 Å². The lowest BCUT2D eigenvalue weighted by molar-refractivity contribution is -0.137. The first kappa shape index (κ1) is 21.6. The summed E-state index contributed by atoms with van der Waals surface area (Å²) in [5.41, 5.74) is 6.38. The highest BCUT2D eigenvalue weighted by molar-refractivity contribution is 7.09. The van der Waals surface area contributed by atoms with Crippen molar-refractivity contribution in [3.63, 3.8) is 0 Å². The summed E-state index contributed by atoms with van der Waals surface area (Å²) < 4.78 is 38.8. The molecule has 5 nitrogen and oxygen atoms in total. The number of hydrogen-bond acceptors (Lipinski definition) is 5. The molecule has 1 unspecified atom stereocenters. The number of halogens is 3. The van der Waals surface area contributed by atoms with Crippen LogP contribution in [0.3, 0.4) is 0 Å². The van der Waals surface area contributed by atoms with Crippen LogP contribution in [0.1, 0.15) is 53.3 Å². The molecule has 0 radical (unpaired) electrons. The summed E-state index contributed by atoms with van der Waals surface area (Å²) in [5, 5.41) is 2.51. The average molecular weight is 427 g/mol. The number of amides is 1. The Labute approximate surface area is 172 Å².